The number of carboxylic acids is 2. The van der Waals surface area contributed by atoms with E-state index in [9.17, 15) is 14.5 Å². The van der Waals surface area contributed by atoms with Gasteiger partial charge in [0, 0.05) is 20.7 Å². The molecule has 3 N–H and O–H groups in total. The number of aryl methyl sites for hydroxylation is 1. The van der Waals surface area contributed by atoms with E-state index in [4.69, 9.17) is 10.2 Å². The van der Waals surface area contributed by atoms with Gasteiger partial charge < -0.3 is 15.1 Å². The number of benzene rings is 1. The first kappa shape index (κ1) is 18.6. The van der Waals surface area contributed by atoms with E-state index in [-0.39, 0.29) is 19.0 Å². The standard InChI is InChI=1S/C16H23O5P/c17-15(18)10-9-14(16(19)20)12-22(21)11-5-4-8-13-6-2-1-3-7-13/h1-3,6-7,14,21H,4-5,8-12H2,(H,17,18)(H,19,20). The highest BCUT2D eigenvalue weighted by Gasteiger charge is 2.22. The van der Waals surface area contributed by atoms with E-state index < -0.39 is 26.0 Å². The number of unbranched alkanes of at least 4 members (excludes halogenated alkanes) is 1. The quantitative estimate of drug-likeness (QED) is 0.429. The SMILES string of the molecule is O=C(O)CCC(CP(O)CCCCc1ccccc1)C(=O)O. The summed E-state index contributed by atoms with van der Waals surface area (Å²) < 4.78 is 0. The Balaban J connectivity index is 2.24. The van der Waals surface area contributed by atoms with Crippen LogP contribution in [0.2, 0.25) is 0 Å². The van der Waals surface area contributed by atoms with Gasteiger partial charge in [0.1, 0.15) is 0 Å². The topological polar surface area (TPSA) is 94.8 Å². The van der Waals surface area contributed by atoms with E-state index in [1.54, 1.807) is 0 Å². The Bertz CT molecular complexity index is 463. The minimum Gasteiger partial charge on any atom is -0.481 e. The lowest BCUT2D eigenvalue weighted by Gasteiger charge is -2.16. The van der Waals surface area contributed by atoms with Crippen LogP contribution >= 0.6 is 8.15 Å². The van der Waals surface area contributed by atoms with E-state index >= 15 is 0 Å². The molecule has 2 unspecified atom stereocenters. The molecule has 0 aliphatic heterocycles. The Hall–Kier alpha value is -1.45. The zero-order valence-electron chi connectivity index (χ0n) is 12.5. The van der Waals surface area contributed by atoms with Crippen LogP contribution in [0, 0.1) is 5.92 Å². The van der Waals surface area contributed by atoms with Crippen LogP contribution in [0.4, 0.5) is 0 Å². The molecule has 22 heavy (non-hydrogen) atoms. The number of hydrogen-bond acceptors (Lipinski definition) is 3. The average molecular weight is 326 g/mol. The fourth-order valence-corrected chi connectivity index (χ4v) is 3.82. The smallest absolute Gasteiger partial charge is 0.306 e. The molecule has 0 amide bonds. The third-order valence-electron chi connectivity index (χ3n) is 3.46. The van der Waals surface area contributed by atoms with Gasteiger partial charge in [-0.15, -0.1) is 0 Å². The molecule has 0 aromatic heterocycles. The fraction of sp³-hybridized carbons (Fsp3) is 0.500. The van der Waals surface area contributed by atoms with Crippen LogP contribution in [0.5, 0.6) is 0 Å². The van der Waals surface area contributed by atoms with Crippen molar-refractivity contribution in [1.29, 1.82) is 0 Å². The van der Waals surface area contributed by atoms with E-state index in [0.29, 0.717) is 6.16 Å². The molecule has 0 aliphatic carbocycles. The summed E-state index contributed by atoms with van der Waals surface area (Å²) >= 11 is 0. The van der Waals surface area contributed by atoms with Crippen LogP contribution in [0.3, 0.4) is 0 Å². The first-order valence-electron chi connectivity index (χ1n) is 7.41. The van der Waals surface area contributed by atoms with Gasteiger partial charge in [-0.3, -0.25) is 9.59 Å². The first-order valence-corrected chi connectivity index (χ1v) is 9.08. The van der Waals surface area contributed by atoms with E-state index in [0.717, 1.165) is 19.3 Å². The Kier molecular flexibility index (Phi) is 8.71. The van der Waals surface area contributed by atoms with Crippen LogP contribution in [-0.2, 0) is 16.0 Å². The van der Waals surface area contributed by atoms with Gasteiger partial charge in [0.05, 0.1) is 5.92 Å². The lowest BCUT2D eigenvalue weighted by molar-refractivity contribution is -0.142. The Morgan fingerprint density at radius 3 is 2.36 bits per heavy atom. The van der Waals surface area contributed by atoms with Gasteiger partial charge in [-0.25, -0.2) is 0 Å². The van der Waals surface area contributed by atoms with Crippen molar-refractivity contribution in [3.05, 3.63) is 35.9 Å². The van der Waals surface area contributed by atoms with Gasteiger partial charge in [0.2, 0.25) is 0 Å². The Labute approximate surface area is 131 Å². The number of hydrogen-bond donors (Lipinski definition) is 3. The number of carbonyl (C=O) groups is 2. The molecule has 5 nitrogen and oxygen atoms in total. The molecule has 1 rings (SSSR count). The molecular formula is C16H23O5P. The van der Waals surface area contributed by atoms with Crippen LogP contribution in [0.25, 0.3) is 0 Å². The second kappa shape index (κ2) is 10.3. The van der Waals surface area contributed by atoms with Crippen molar-refractivity contribution < 1.29 is 24.7 Å². The second-order valence-corrected chi connectivity index (χ2v) is 7.15. The van der Waals surface area contributed by atoms with Crippen LogP contribution in [-0.4, -0.2) is 39.4 Å². The highest BCUT2D eigenvalue weighted by Crippen LogP contribution is 2.35. The summed E-state index contributed by atoms with van der Waals surface area (Å²) in [6.45, 7) is 0. The average Bonchev–Trinajstić information content (AvgIpc) is 2.48. The summed E-state index contributed by atoms with van der Waals surface area (Å²) in [4.78, 5) is 31.6. The summed E-state index contributed by atoms with van der Waals surface area (Å²) in [7, 11) is -1.34. The summed E-state index contributed by atoms with van der Waals surface area (Å²) in [5.74, 6) is -2.79. The van der Waals surface area contributed by atoms with Gasteiger partial charge in [-0.05, 0) is 37.4 Å². The molecule has 0 radical (unpaired) electrons. The minimum atomic E-state index is -1.34. The predicted octanol–water partition coefficient (Wildman–Crippen LogP) is 2.96. The van der Waals surface area contributed by atoms with Gasteiger partial charge in [-0.2, -0.15) is 0 Å². The van der Waals surface area contributed by atoms with Crippen molar-refractivity contribution in [3.63, 3.8) is 0 Å². The first-order chi connectivity index (χ1) is 10.5. The van der Waals surface area contributed by atoms with Crippen molar-refractivity contribution in [2.24, 2.45) is 5.92 Å². The van der Waals surface area contributed by atoms with Crippen molar-refractivity contribution in [2.45, 2.75) is 32.1 Å². The van der Waals surface area contributed by atoms with Gasteiger partial charge in [0.15, 0.2) is 0 Å². The molecule has 0 spiro atoms. The minimum absolute atomic E-state index is 0.0775. The summed E-state index contributed by atoms with van der Waals surface area (Å²) in [5.41, 5.74) is 1.26. The molecule has 0 aliphatic rings. The van der Waals surface area contributed by atoms with Crippen molar-refractivity contribution in [1.82, 2.24) is 0 Å². The molecule has 0 saturated heterocycles. The lowest BCUT2D eigenvalue weighted by Crippen LogP contribution is -2.19. The second-order valence-electron chi connectivity index (χ2n) is 5.32. The van der Waals surface area contributed by atoms with Gasteiger partial charge >= 0.3 is 11.9 Å². The largest absolute Gasteiger partial charge is 0.481 e. The molecule has 1 aromatic carbocycles. The maximum atomic E-state index is 11.1. The molecule has 122 valence electrons. The normalized spacial score (nSPS) is 13.5. The summed E-state index contributed by atoms with van der Waals surface area (Å²) in [5, 5.41) is 17.7. The molecule has 0 saturated carbocycles. The van der Waals surface area contributed by atoms with Gasteiger partial charge in [-0.1, -0.05) is 30.3 Å². The molecule has 6 heteroatoms. The fourth-order valence-electron chi connectivity index (χ4n) is 2.20. The maximum absolute atomic E-state index is 11.1. The number of rotatable bonds is 11. The monoisotopic (exact) mass is 326 g/mol. The van der Waals surface area contributed by atoms with Crippen molar-refractivity contribution in [2.75, 3.05) is 12.3 Å². The molecule has 0 fully saturated rings. The van der Waals surface area contributed by atoms with E-state index in [1.807, 2.05) is 18.2 Å². The Morgan fingerprint density at radius 2 is 1.77 bits per heavy atom. The molecular weight excluding hydrogens is 303 g/mol. The van der Waals surface area contributed by atoms with Crippen LogP contribution in [0.15, 0.2) is 30.3 Å². The van der Waals surface area contributed by atoms with E-state index in [1.165, 1.54) is 5.56 Å². The molecule has 2 atom stereocenters. The van der Waals surface area contributed by atoms with E-state index in [2.05, 4.69) is 12.1 Å². The predicted molar refractivity (Wildman–Crippen MR) is 86.2 cm³/mol. The third kappa shape index (κ3) is 8.11. The Morgan fingerprint density at radius 1 is 1.09 bits per heavy atom. The zero-order chi connectivity index (χ0) is 16.4. The van der Waals surface area contributed by atoms with Crippen molar-refractivity contribution in [3.8, 4) is 0 Å². The maximum Gasteiger partial charge on any atom is 0.306 e. The lowest BCUT2D eigenvalue weighted by atomic mass is 10.1. The number of aliphatic carboxylic acids is 2. The van der Waals surface area contributed by atoms with Gasteiger partial charge in [0.25, 0.3) is 0 Å². The molecule has 1 aromatic rings. The number of carboxylic acid groups (broad SMARTS) is 2. The van der Waals surface area contributed by atoms with Crippen molar-refractivity contribution >= 4 is 20.1 Å². The summed E-state index contributed by atoms with van der Waals surface area (Å²) in [6.07, 6.45) is 3.45. The third-order valence-corrected chi connectivity index (χ3v) is 5.16. The molecule has 0 bridgehead atoms. The highest BCUT2D eigenvalue weighted by molar-refractivity contribution is 7.51. The summed E-state index contributed by atoms with van der Waals surface area (Å²) in [6, 6.07) is 10.1. The van der Waals surface area contributed by atoms with Crippen LogP contribution in [0.1, 0.15) is 31.2 Å². The highest BCUT2D eigenvalue weighted by atomic mass is 31.1. The molecule has 0 heterocycles. The zero-order valence-corrected chi connectivity index (χ0v) is 13.4. The van der Waals surface area contributed by atoms with Crippen LogP contribution < -0.4 is 0 Å².